The van der Waals surface area contributed by atoms with Gasteiger partial charge in [-0.1, -0.05) is 41.4 Å². The standard InChI is InChI=1S/C29H26ClN5O5S.C22H19ClN4O4/c1-17-12-18(10-11-32-17)16-35-23-9-8-20(30)14-21(23)26(22-15-33-29(40-3)34-28(22)39-2)27(35)24(36)13-19-6-4-5-7-25(19)41(31,37)38;1-12-8-13(6-7-24-12)11-27-17-5-4-14(23)9-15(17)18(19(27)21(28)29)16-10-25-22(31-3)26-20(16)30-2/h4-12,14-15H,13,16H2,1-3H3,(H2,31,37,38);4-10H,11H2,1-3H3,(H,28,29). The molecule has 0 saturated carbocycles. The number of carboxylic acids is 1. The second-order valence-electron chi connectivity index (χ2n) is 16.2. The Kier molecular flexibility index (Phi) is 14.8. The van der Waals surface area contributed by atoms with Crippen LogP contribution < -0.4 is 24.1 Å². The minimum Gasteiger partial charge on any atom is -0.480 e. The number of carboxylic acid groups (broad SMARTS) is 1. The number of fused-ring (bicyclic) bond motifs is 2. The van der Waals surface area contributed by atoms with Gasteiger partial charge in [-0.2, -0.15) is 9.97 Å². The van der Waals surface area contributed by atoms with Gasteiger partial charge >= 0.3 is 18.0 Å². The molecule has 0 atom stereocenters. The van der Waals surface area contributed by atoms with E-state index < -0.39 is 16.0 Å². The van der Waals surface area contributed by atoms with Crippen molar-refractivity contribution in [2.45, 2.75) is 38.3 Å². The van der Waals surface area contributed by atoms with Crippen molar-refractivity contribution in [2.24, 2.45) is 5.14 Å². The van der Waals surface area contributed by atoms with Gasteiger partial charge in [0.15, 0.2) is 5.78 Å². The second-order valence-corrected chi connectivity index (χ2v) is 18.6. The maximum absolute atomic E-state index is 14.3. The van der Waals surface area contributed by atoms with E-state index in [2.05, 4.69) is 29.9 Å². The third kappa shape index (κ3) is 10.4. The van der Waals surface area contributed by atoms with Gasteiger partial charge in [0.1, 0.15) is 5.69 Å². The summed E-state index contributed by atoms with van der Waals surface area (Å²) in [5.41, 5.74) is 7.38. The highest BCUT2D eigenvalue weighted by Crippen LogP contribution is 2.43. The van der Waals surface area contributed by atoms with E-state index in [0.29, 0.717) is 67.4 Å². The highest BCUT2D eigenvalue weighted by molar-refractivity contribution is 7.89. The fourth-order valence-electron chi connectivity index (χ4n) is 8.55. The average Bonchev–Trinajstić information content (AvgIpc) is 3.84. The minimum atomic E-state index is -4.07. The van der Waals surface area contributed by atoms with Crippen molar-refractivity contribution >= 4 is 66.8 Å². The fraction of sp³-hybridized carbons (Fsp3) is 0.176. The molecule has 9 rings (SSSR count). The number of rotatable bonds is 15. The second kappa shape index (κ2) is 21.2. The summed E-state index contributed by atoms with van der Waals surface area (Å²) in [5, 5.41) is 17.9. The molecule has 0 radical (unpaired) electrons. The number of pyridine rings is 2. The van der Waals surface area contributed by atoms with E-state index in [0.717, 1.165) is 28.0 Å². The van der Waals surface area contributed by atoms with Crippen LogP contribution in [0, 0.1) is 13.8 Å². The number of aromatic nitrogens is 8. The number of aryl methyl sites for hydroxylation is 2. The highest BCUT2D eigenvalue weighted by atomic mass is 35.5. The Morgan fingerprint density at radius 1 is 0.639 bits per heavy atom. The molecule has 6 heterocycles. The Bertz CT molecular complexity index is 3680. The van der Waals surface area contributed by atoms with Crippen molar-refractivity contribution in [1.29, 1.82) is 0 Å². The van der Waals surface area contributed by atoms with E-state index in [1.165, 1.54) is 46.9 Å². The lowest BCUT2D eigenvalue weighted by Crippen LogP contribution is -2.18. The van der Waals surface area contributed by atoms with Crippen LogP contribution in [0.1, 0.15) is 49.1 Å². The first-order chi connectivity index (χ1) is 34.5. The van der Waals surface area contributed by atoms with Crippen LogP contribution in [-0.2, 0) is 29.5 Å². The number of methoxy groups -OCH3 is 4. The van der Waals surface area contributed by atoms with Gasteiger partial charge in [-0.25, -0.2) is 28.3 Å². The number of hydrogen-bond acceptors (Lipinski definition) is 14. The van der Waals surface area contributed by atoms with Gasteiger partial charge in [0.25, 0.3) is 0 Å². The molecule has 18 nitrogen and oxygen atoms in total. The first-order valence-electron chi connectivity index (χ1n) is 21.8. The Hall–Kier alpha value is -7.97. The molecule has 72 heavy (non-hydrogen) atoms. The topological polar surface area (TPSA) is 239 Å². The van der Waals surface area contributed by atoms with Crippen molar-refractivity contribution < 1.29 is 42.1 Å². The number of halogens is 2. The van der Waals surface area contributed by atoms with Gasteiger partial charge in [-0.3, -0.25) is 14.8 Å². The molecule has 3 N–H and O–H groups in total. The summed E-state index contributed by atoms with van der Waals surface area (Å²) in [6.45, 7) is 4.43. The molecule has 368 valence electrons. The molecule has 6 aromatic heterocycles. The number of nitrogens with two attached hydrogens (primary N) is 1. The number of Topliss-reactive ketones (excluding diaryl/α,β-unsaturated/α-hetero) is 1. The predicted molar refractivity (Wildman–Crippen MR) is 271 cm³/mol. The van der Waals surface area contributed by atoms with E-state index >= 15 is 0 Å². The molecule has 0 fully saturated rings. The van der Waals surface area contributed by atoms with Crippen LogP contribution in [0.2, 0.25) is 10.0 Å². The number of nitrogens with zero attached hydrogens (tertiary/aromatic N) is 8. The molecule has 3 aromatic carbocycles. The number of sulfonamides is 1. The average molecular weight is 1030 g/mol. The molecule has 0 unspecified atom stereocenters. The van der Waals surface area contributed by atoms with Crippen LogP contribution in [0.15, 0.2) is 115 Å². The van der Waals surface area contributed by atoms with Gasteiger partial charge in [0, 0.05) is 98.7 Å². The van der Waals surface area contributed by atoms with E-state index in [1.807, 2.05) is 48.7 Å². The lowest BCUT2D eigenvalue weighted by molar-refractivity contribution is 0.0686. The number of aromatic carboxylic acids is 1. The van der Waals surface area contributed by atoms with Gasteiger partial charge < -0.3 is 33.2 Å². The Balaban J connectivity index is 0.000000200. The van der Waals surface area contributed by atoms with Gasteiger partial charge in [0.2, 0.25) is 21.8 Å². The van der Waals surface area contributed by atoms with E-state index in [-0.39, 0.29) is 52.1 Å². The number of benzene rings is 3. The molecule has 0 saturated heterocycles. The molecule has 0 aliphatic rings. The Morgan fingerprint density at radius 3 is 1.56 bits per heavy atom. The SMILES string of the molecule is COc1ncc(-c2c(C(=O)Cc3ccccc3S(N)(=O)=O)n(Cc3ccnc(C)c3)c3ccc(Cl)cc23)c(OC)n1.COc1ncc(-c2c(C(=O)O)n(Cc3ccnc(C)c3)c3ccc(Cl)cc23)c(OC)n1. The molecule has 0 aliphatic carbocycles. The van der Waals surface area contributed by atoms with Gasteiger partial charge in [-0.15, -0.1) is 0 Å². The fourth-order valence-corrected chi connectivity index (χ4v) is 9.67. The summed E-state index contributed by atoms with van der Waals surface area (Å²) < 4.78 is 49.5. The maximum Gasteiger partial charge on any atom is 0.353 e. The lowest BCUT2D eigenvalue weighted by atomic mass is 9.99. The first kappa shape index (κ1) is 50.4. The lowest BCUT2D eigenvalue weighted by Gasteiger charge is -2.14. The maximum atomic E-state index is 14.3. The third-order valence-corrected chi connectivity index (χ3v) is 13.0. The molecular weight excluding hydrogens is 986 g/mol. The number of ketones is 1. The Labute approximate surface area is 423 Å². The van der Waals surface area contributed by atoms with Crippen molar-refractivity contribution in [1.82, 2.24) is 39.0 Å². The number of hydrogen-bond donors (Lipinski definition) is 2. The van der Waals surface area contributed by atoms with Crippen LogP contribution in [0.3, 0.4) is 0 Å². The first-order valence-corrected chi connectivity index (χ1v) is 24.1. The molecule has 0 aliphatic heterocycles. The smallest absolute Gasteiger partial charge is 0.353 e. The monoisotopic (exact) mass is 1030 g/mol. The van der Waals surface area contributed by atoms with Gasteiger partial charge in [0.05, 0.1) is 50.2 Å². The summed E-state index contributed by atoms with van der Waals surface area (Å²) in [7, 11) is 1.73. The summed E-state index contributed by atoms with van der Waals surface area (Å²) >= 11 is 12.7. The van der Waals surface area contributed by atoms with Crippen molar-refractivity contribution in [2.75, 3.05) is 28.4 Å². The number of carbonyl (C=O) groups excluding carboxylic acids is 1. The highest BCUT2D eigenvalue weighted by Gasteiger charge is 2.30. The molecule has 0 bridgehead atoms. The minimum absolute atomic E-state index is 0.0822. The molecule has 0 spiro atoms. The van der Waals surface area contributed by atoms with Crippen LogP contribution in [0.25, 0.3) is 44.1 Å². The zero-order valence-corrected chi connectivity index (χ0v) is 41.9. The zero-order chi connectivity index (χ0) is 51.4. The quantitative estimate of drug-likeness (QED) is 0.0912. The van der Waals surface area contributed by atoms with E-state index in [9.17, 15) is 23.1 Å². The number of primary sulfonamides is 1. The van der Waals surface area contributed by atoms with Crippen LogP contribution in [0.5, 0.6) is 23.8 Å². The van der Waals surface area contributed by atoms with Crippen LogP contribution in [0.4, 0.5) is 0 Å². The van der Waals surface area contributed by atoms with Crippen LogP contribution in [-0.4, -0.2) is 92.8 Å². The molecule has 21 heteroatoms. The summed E-state index contributed by atoms with van der Waals surface area (Å²) in [4.78, 5) is 52.2. The van der Waals surface area contributed by atoms with E-state index in [4.69, 9.17) is 47.3 Å². The van der Waals surface area contributed by atoms with Crippen molar-refractivity contribution in [3.05, 3.63) is 159 Å². The van der Waals surface area contributed by atoms with Crippen molar-refractivity contribution in [3.63, 3.8) is 0 Å². The van der Waals surface area contributed by atoms with E-state index in [1.54, 1.807) is 65.5 Å². The number of ether oxygens (including phenoxy) is 4. The van der Waals surface area contributed by atoms with Crippen molar-refractivity contribution in [3.8, 4) is 46.0 Å². The number of carbonyl (C=O) groups is 2. The molecule has 0 amide bonds. The summed E-state index contributed by atoms with van der Waals surface area (Å²) in [5.74, 6) is -1.05. The Morgan fingerprint density at radius 2 is 1.11 bits per heavy atom. The molecule has 9 aromatic rings. The summed E-state index contributed by atoms with van der Waals surface area (Å²) in [6.07, 6.45) is 6.19. The third-order valence-electron chi connectivity index (χ3n) is 11.5. The molecular formula is C51H45Cl2N9O9S. The zero-order valence-electron chi connectivity index (χ0n) is 39.5. The van der Waals surface area contributed by atoms with Crippen LogP contribution >= 0.6 is 23.2 Å². The summed E-state index contributed by atoms with van der Waals surface area (Å²) in [6, 6.07) is 24.6. The normalized spacial score (nSPS) is 11.3. The van der Waals surface area contributed by atoms with Gasteiger partial charge in [-0.05, 0) is 97.3 Å². The predicted octanol–water partition coefficient (Wildman–Crippen LogP) is 8.81. The largest absolute Gasteiger partial charge is 0.480 e.